The monoisotopic (exact) mass is 335 g/mol. The lowest BCUT2D eigenvalue weighted by atomic mass is 10.2. The third-order valence-electron chi connectivity index (χ3n) is 2.45. The highest BCUT2D eigenvalue weighted by molar-refractivity contribution is 9.10. The Hall–Kier alpha value is -1.85. The Morgan fingerprint density at radius 3 is 2.45 bits per heavy atom. The minimum atomic E-state index is -0.330. The molecular formula is C15H14BrNO3. The number of rotatable bonds is 6. The van der Waals surface area contributed by atoms with E-state index in [9.17, 15) is 4.79 Å². The molecule has 5 heteroatoms. The van der Waals surface area contributed by atoms with E-state index in [1.165, 1.54) is 0 Å². The Labute approximate surface area is 125 Å². The first-order chi connectivity index (χ1) is 9.74. The van der Waals surface area contributed by atoms with Crippen molar-refractivity contribution in [1.29, 1.82) is 0 Å². The predicted octanol–water partition coefficient (Wildman–Crippen LogP) is 3.08. The number of carbonyl (C=O) groups is 1. The summed E-state index contributed by atoms with van der Waals surface area (Å²) in [6.45, 7) is 0.237. The fourth-order valence-electron chi connectivity index (χ4n) is 1.48. The van der Waals surface area contributed by atoms with Gasteiger partial charge in [0.1, 0.15) is 5.75 Å². The molecule has 20 heavy (non-hydrogen) atoms. The van der Waals surface area contributed by atoms with Crippen molar-refractivity contribution < 1.29 is 14.4 Å². The van der Waals surface area contributed by atoms with Crippen molar-refractivity contribution in [1.82, 2.24) is 5.48 Å². The maximum atomic E-state index is 11.5. The molecule has 0 fully saturated rings. The molecule has 0 saturated carbocycles. The van der Waals surface area contributed by atoms with Crippen LogP contribution in [0.15, 0.2) is 59.1 Å². The van der Waals surface area contributed by atoms with Crippen molar-refractivity contribution >= 4 is 21.8 Å². The molecule has 0 spiro atoms. The average molecular weight is 336 g/mol. The van der Waals surface area contributed by atoms with Crippen LogP contribution >= 0.6 is 15.9 Å². The van der Waals surface area contributed by atoms with E-state index in [0.717, 1.165) is 10.0 Å². The van der Waals surface area contributed by atoms with Crippen LogP contribution in [-0.2, 0) is 16.2 Å². The minimum absolute atomic E-state index is 0.0869. The number of halogens is 1. The number of hydroxylamine groups is 1. The molecule has 104 valence electrons. The molecule has 0 radical (unpaired) electrons. The Bertz CT molecular complexity index is 543. The molecule has 0 aliphatic heterocycles. The van der Waals surface area contributed by atoms with Gasteiger partial charge in [-0.25, -0.2) is 5.48 Å². The summed E-state index contributed by atoms with van der Waals surface area (Å²) in [4.78, 5) is 16.6. The van der Waals surface area contributed by atoms with Crippen molar-refractivity contribution in [3.63, 3.8) is 0 Å². The molecule has 0 saturated heterocycles. The summed E-state index contributed by atoms with van der Waals surface area (Å²) in [7, 11) is 0. The molecule has 2 rings (SSSR count). The summed E-state index contributed by atoms with van der Waals surface area (Å²) in [5.41, 5.74) is 3.33. The van der Waals surface area contributed by atoms with Gasteiger partial charge in [-0.15, -0.1) is 0 Å². The molecule has 0 unspecified atom stereocenters. The quantitative estimate of drug-likeness (QED) is 0.825. The van der Waals surface area contributed by atoms with Gasteiger partial charge in [0.25, 0.3) is 5.91 Å². The number of hydrogen-bond acceptors (Lipinski definition) is 3. The summed E-state index contributed by atoms with van der Waals surface area (Å²) in [5.74, 6) is 0.301. The maximum absolute atomic E-state index is 11.5. The van der Waals surface area contributed by atoms with Crippen LogP contribution in [0.1, 0.15) is 5.56 Å². The van der Waals surface area contributed by atoms with Crippen LogP contribution < -0.4 is 10.2 Å². The normalized spacial score (nSPS) is 10.1. The van der Waals surface area contributed by atoms with E-state index in [-0.39, 0.29) is 12.5 Å². The van der Waals surface area contributed by atoms with Crippen molar-refractivity contribution in [3.8, 4) is 5.75 Å². The molecule has 0 heterocycles. The smallest absolute Gasteiger partial charge is 0.281 e. The fourth-order valence-corrected chi connectivity index (χ4v) is 1.75. The van der Waals surface area contributed by atoms with Gasteiger partial charge in [0.15, 0.2) is 6.61 Å². The second-order valence-corrected chi connectivity index (χ2v) is 4.96. The lowest BCUT2D eigenvalue weighted by Gasteiger charge is -2.07. The van der Waals surface area contributed by atoms with Gasteiger partial charge in [0.2, 0.25) is 0 Å². The SMILES string of the molecule is O=C(COc1ccc(Br)cc1)NOCc1ccccc1. The molecule has 2 aromatic rings. The van der Waals surface area contributed by atoms with E-state index < -0.39 is 0 Å². The topological polar surface area (TPSA) is 47.6 Å². The zero-order chi connectivity index (χ0) is 14.2. The van der Waals surface area contributed by atoms with Gasteiger partial charge in [-0.1, -0.05) is 46.3 Å². The number of hydrogen-bond donors (Lipinski definition) is 1. The number of benzene rings is 2. The van der Waals surface area contributed by atoms with E-state index >= 15 is 0 Å². The Morgan fingerprint density at radius 2 is 1.75 bits per heavy atom. The predicted molar refractivity (Wildman–Crippen MR) is 79.0 cm³/mol. The Balaban J connectivity index is 1.67. The Morgan fingerprint density at radius 1 is 1.05 bits per heavy atom. The number of ether oxygens (including phenoxy) is 1. The van der Waals surface area contributed by atoms with Crippen LogP contribution in [0.3, 0.4) is 0 Å². The maximum Gasteiger partial charge on any atom is 0.281 e. The summed E-state index contributed by atoms with van der Waals surface area (Å²) >= 11 is 3.33. The van der Waals surface area contributed by atoms with Crippen LogP contribution in [0.25, 0.3) is 0 Å². The lowest BCUT2D eigenvalue weighted by Crippen LogP contribution is -2.28. The third kappa shape index (κ3) is 5.03. The molecule has 0 aromatic heterocycles. The van der Waals surface area contributed by atoms with Crippen LogP contribution in [0, 0.1) is 0 Å². The van der Waals surface area contributed by atoms with Gasteiger partial charge in [0, 0.05) is 4.47 Å². The molecule has 1 amide bonds. The minimum Gasteiger partial charge on any atom is -0.484 e. The van der Waals surface area contributed by atoms with E-state index in [2.05, 4.69) is 21.4 Å². The van der Waals surface area contributed by atoms with Crippen molar-refractivity contribution in [3.05, 3.63) is 64.6 Å². The van der Waals surface area contributed by atoms with E-state index in [0.29, 0.717) is 12.4 Å². The van der Waals surface area contributed by atoms with E-state index in [1.54, 1.807) is 12.1 Å². The van der Waals surface area contributed by atoms with Gasteiger partial charge >= 0.3 is 0 Å². The molecule has 2 aromatic carbocycles. The van der Waals surface area contributed by atoms with Crippen LogP contribution in [0.5, 0.6) is 5.75 Å². The summed E-state index contributed by atoms with van der Waals surface area (Å²) in [5, 5.41) is 0. The van der Waals surface area contributed by atoms with Crippen molar-refractivity contribution in [2.75, 3.05) is 6.61 Å². The molecule has 0 bridgehead atoms. The first kappa shape index (κ1) is 14.6. The summed E-state index contributed by atoms with van der Waals surface area (Å²) in [6, 6.07) is 16.8. The van der Waals surface area contributed by atoms with Crippen molar-refractivity contribution in [2.24, 2.45) is 0 Å². The standard InChI is InChI=1S/C15H14BrNO3/c16-13-6-8-14(9-7-13)19-11-15(18)17-20-10-12-4-2-1-3-5-12/h1-9H,10-11H2,(H,17,18). The van der Waals surface area contributed by atoms with Crippen LogP contribution in [0.4, 0.5) is 0 Å². The second-order valence-electron chi connectivity index (χ2n) is 4.04. The van der Waals surface area contributed by atoms with Gasteiger partial charge in [0.05, 0.1) is 6.61 Å². The zero-order valence-corrected chi connectivity index (χ0v) is 12.3. The lowest BCUT2D eigenvalue weighted by molar-refractivity contribution is -0.136. The molecule has 1 N–H and O–H groups in total. The zero-order valence-electron chi connectivity index (χ0n) is 10.7. The molecule has 0 aliphatic carbocycles. The van der Waals surface area contributed by atoms with Gasteiger partial charge in [-0.05, 0) is 29.8 Å². The first-order valence-corrected chi connectivity index (χ1v) is 6.86. The van der Waals surface area contributed by atoms with Gasteiger partial charge in [-0.2, -0.15) is 0 Å². The van der Waals surface area contributed by atoms with Gasteiger partial charge in [-0.3, -0.25) is 9.63 Å². The van der Waals surface area contributed by atoms with Crippen LogP contribution in [0.2, 0.25) is 0 Å². The molecule has 0 atom stereocenters. The average Bonchev–Trinajstić information content (AvgIpc) is 2.48. The van der Waals surface area contributed by atoms with E-state index in [4.69, 9.17) is 9.57 Å². The largest absolute Gasteiger partial charge is 0.484 e. The van der Waals surface area contributed by atoms with Crippen molar-refractivity contribution in [2.45, 2.75) is 6.61 Å². The Kier molecular flexibility index (Phi) is 5.58. The summed E-state index contributed by atoms with van der Waals surface area (Å²) in [6.07, 6.45) is 0. The summed E-state index contributed by atoms with van der Waals surface area (Å²) < 4.78 is 6.27. The van der Waals surface area contributed by atoms with Gasteiger partial charge < -0.3 is 4.74 Å². The highest BCUT2D eigenvalue weighted by Gasteiger charge is 2.03. The number of amides is 1. The van der Waals surface area contributed by atoms with Crippen LogP contribution in [-0.4, -0.2) is 12.5 Å². The van der Waals surface area contributed by atoms with E-state index in [1.807, 2.05) is 42.5 Å². The highest BCUT2D eigenvalue weighted by atomic mass is 79.9. The number of nitrogens with one attached hydrogen (secondary N) is 1. The molecular weight excluding hydrogens is 322 g/mol. The number of carbonyl (C=O) groups excluding carboxylic acids is 1. The fraction of sp³-hybridized carbons (Fsp3) is 0.133. The first-order valence-electron chi connectivity index (χ1n) is 6.07. The molecule has 0 aliphatic rings. The highest BCUT2D eigenvalue weighted by Crippen LogP contribution is 2.15. The second kappa shape index (κ2) is 7.67. The third-order valence-corrected chi connectivity index (χ3v) is 2.98. The molecule has 4 nitrogen and oxygen atoms in total.